The highest BCUT2D eigenvalue weighted by atomic mass is 16.5. The van der Waals surface area contributed by atoms with E-state index in [0.29, 0.717) is 18.9 Å². The summed E-state index contributed by atoms with van der Waals surface area (Å²) in [5, 5.41) is 6.56. The fourth-order valence-electron chi connectivity index (χ4n) is 1.71. The SMILES string of the molecule is CCOC(=O)c1n[nH]c(CCc2ccccc2N)n1. The number of aromatic nitrogens is 3. The number of carbonyl (C=O) groups excluding carboxylic acids is 1. The van der Waals surface area contributed by atoms with Gasteiger partial charge in [-0.1, -0.05) is 18.2 Å². The maximum absolute atomic E-state index is 11.4. The highest BCUT2D eigenvalue weighted by molar-refractivity contribution is 5.84. The topological polar surface area (TPSA) is 93.9 Å². The highest BCUT2D eigenvalue weighted by Crippen LogP contribution is 2.12. The van der Waals surface area contributed by atoms with Gasteiger partial charge in [-0.3, -0.25) is 5.10 Å². The van der Waals surface area contributed by atoms with Crippen LogP contribution in [-0.4, -0.2) is 27.8 Å². The van der Waals surface area contributed by atoms with Crippen LogP contribution in [0.4, 0.5) is 5.69 Å². The summed E-state index contributed by atoms with van der Waals surface area (Å²) in [6.45, 7) is 2.05. The molecule has 0 amide bonds. The van der Waals surface area contributed by atoms with Crippen molar-refractivity contribution < 1.29 is 9.53 Å². The Morgan fingerprint density at radius 2 is 2.16 bits per heavy atom. The number of hydrogen-bond donors (Lipinski definition) is 2. The molecule has 100 valence electrons. The van der Waals surface area contributed by atoms with E-state index in [1.54, 1.807) is 6.92 Å². The van der Waals surface area contributed by atoms with Crippen molar-refractivity contribution in [2.24, 2.45) is 0 Å². The molecule has 1 heterocycles. The van der Waals surface area contributed by atoms with Gasteiger partial charge in [0.15, 0.2) is 0 Å². The van der Waals surface area contributed by atoms with Gasteiger partial charge in [-0.15, -0.1) is 5.10 Å². The van der Waals surface area contributed by atoms with Crippen molar-refractivity contribution in [3.8, 4) is 0 Å². The zero-order chi connectivity index (χ0) is 13.7. The summed E-state index contributed by atoms with van der Waals surface area (Å²) < 4.78 is 4.82. The van der Waals surface area contributed by atoms with Gasteiger partial charge in [0.1, 0.15) is 5.82 Å². The van der Waals surface area contributed by atoms with E-state index in [9.17, 15) is 4.79 Å². The number of para-hydroxylation sites is 1. The van der Waals surface area contributed by atoms with E-state index in [4.69, 9.17) is 10.5 Å². The quantitative estimate of drug-likeness (QED) is 0.625. The number of H-pyrrole nitrogens is 1. The molecule has 0 saturated carbocycles. The summed E-state index contributed by atoms with van der Waals surface area (Å²) in [6.07, 6.45) is 1.38. The third kappa shape index (κ3) is 3.31. The Morgan fingerprint density at radius 1 is 1.37 bits per heavy atom. The van der Waals surface area contributed by atoms with Crippen LogP contribution in [0.3, 0.4) is 0 Å². The number of rotatable bonds is 5. The molecule has 0 spiro atoms. The number of esters is 1. The molecule has 3 N–H and O–H groups in total. The van der Waals surface area contributed by atoms with Gasteiger partial charge in [-0.25, -0.2) is 9.78 Å². The van der Waals surface area contributed by atoms with Gasteiger partial charge < -0.3 is 10.5 Å². The average molecular weight is 260 g/mol. The molecule has 0 saturated heterocycles. The third-order valence-corrected chi connectivity index (χ3v) is 2.68. The number of benzene rings is 1. The molecule has 0 radical (unpaired) electrons. The third-order valence-electron chi connectivity index (χ3n) is 2.68. The highest BCUT2D eigenvalue weighted by Gasteiger charge is 2.13. The molecule has 19 heavy (non-hydrogen) atoms. The number of carbonyl (C=O) groups is 1. The number of nitrogens with zero attached hydrogens (tertiary/aromatic N) is 2. The molecular weight excluding hydrogens is 244 g/mol. The number of nitrogen functional groups attached to an aromatic ring is 1. The molecule has 0 aliphatic heterocycles. The molecule has 0 aliphatic carbocycles. The van der Waals surface area contributed by atoms with Crippen LogP contribution in [0, 0.1) is 0 Å². The van der Waals surface area contributed by atoms with Gasteiger partial charge in [0, 0.05) is 12.1 Å². The second kappa shape index (κ2) is 5.99. The Hall–Kier alpha value is -2.37. The first-order valence-electron chi connectivity index (χ1n) is 6.12. The van der Waals surface area contributed by atoms with E-state index in [1.165, 1.54) is 0 Å². The van der Waals surface area contributed by atoms with E-state index in [1.807, 2.05) is 24.3 Å². The molecule has 0 bridgehead atoms. The zero-order valence-corrected chi connectivity index (χ0v) is 10.7. The zero-order valence-electron chi connectivity index (χ0n) is 10.7. The fraction of sp³-hybridized carbons (Fsp3) is 0.308. The summed E-state index contributed by atoms with van der Waals surface area (Å²) in [5.74, 6) is 0.202. The first kappa shape index (κ1) is 13.1. The number of aryl methyl sites for hydroxylation is 2. The summed E-state index contributed by atoms with van der Waals surface area (Å²) in [5.41, 5.74) is 7.67. The number of hydrogen-bond acceptors (Lipinski definition) is 5. The van der Waals surface area contributed by atoms with Crippen LogP contribution in [0.15, 0.2) is 24.3 Å². The van der Waals surface area contributed by atoms with Crippen LogP contribution in [0.25, 0.3) is 0 Å². The van der Waals surface area contributed by atoms with Crippen molar-refractivity contribution in [3.63, 3.8) is 0 Å². The van der Waals surface area contributed by atoms with Crippen molar-refractivity contribution in [1.82, 2.24) is 15.2 Å². The average Bonchev–Trinajstić information content (AvgIpc) is 2.87. The predicted octanol–water partition coefficient (Wildman–Crippen LogP) is 1.35. The lowest BCUT2D eigenvalue weighted by Gasteiger charge is -2.02. The van der Waals surface area contributed by atoms with Crippen LogP contribution in [0.1, 0.15) is 28.9 Å². The minimum Gasteiger partial charge on any atom is -0.460 e. The van der Waals surface area contributed by atoms with Crippen molar-refractivity contribution >= 4 is 11.7 Å². The second-order valence-electron chi connectivity index (χ2n) is 4.02. The Kier molecular flexibility index (Phi) is 4.12. The van der Waals surface area contributed by atoms with Gasteiger partial charge in [0.05, 0.1) is 6.61 Å². The summed E-state index contributed by atoms with van der Waals surface area (Å²) in [4.78, 5) is 15.5. The Labute approximate surface area is 111 Å². The number of nitrogens with two attached hydrogens (primary N) is 1. The number of anilines is 1. The molecule has 0 aliphatic rings. The lowest BCUT2D eigenvalue weighted by atomic mass is 10.1. The Balaban J connectivity index is 1.97. The van der Waals surface area contributed by atoms with Crippen molar-refractivity contribution in [3.05, 3.63) is 41.5 Å². The lowest BCUT2D eigenvalue weighted by Crippen LogP contribution is -2.06. The number of ether oxygens (including phenoxy) is 1. The van der Waals surface area contributed by atoms with Crippen LogP contribution in [0.5, 0.6) is 0 Å². The van der Waals surface area contributed by atoms with E-state index >= 15 is 0 Å². The van der Waals surface area contributed by atoms with Crippen molar-refractivity contribution in [2.45, 2.75) is 19.8 Å². The molecular formula is C13H16N4O2. The lowest BCUT2D eigenvalue weighted by molar-refractivity contribution is 0.0512. The molecule has 2 rings (SSSR count). The molecule has 1 aromatic heterocycles. The summed E-state index contributed by atoms with van der Waals surface area (Å²) >= 11 is 0. The maximum Gasteiger partial charge on any atom is 0.378 e. The van der Waals surface area contributed by atoms with Crippen LogP contribution >= 0.6 is 0 Å². The molecule has 0 atom stereocenters. The standard InChI is InChI=1S/C13H16N4O2/c1-2-19-13(18)12-15-11(16-17-12)8-7-9-5-3-4-6-10(9)14/h3-6H,2,7-8,14H2,1H3,(H,15,16,17). The van der Waals surface area contributed by atoms with Crippen LogP contribution < -0.4 is 5.73 Å². The minimum atomic E-state index is -0.510. The van der Waals surface area contributed by atoms with Crippen molar-refractivity contribution in [1.29, 1.82) is 0 Å². The number of aromatic amines is 1. The van der Waals surface area contributed by atoms with E-state index in [-0.39, 0.29) is 5.82 Å². The van der Waals surface area contributed by atoms with Gasteiger partial charge in [-0.2, -0.15) is 0 Å². The van der Waals surface area contributed by atoms with Crippen molar-refractivity contribution in [2.75, 3.05) is 12.3 Å². The maximum atomic E-state index is 11.4. The van der Waals surface area contributed by atoms with Gasteiger partial charge in [-0.05, 0) is 25.0 Å². The Morgan fingerprint density at radius 3 is 2.89 bits per heavy atom. The van der Waals surface area contributed by atoms with Gasteiger partial charge in [0.25, 0.3) is 5.82 Å². The second-order valence-corrected chi connectivity index (χ2v) is 4.02. The summed E-state index contributed by atoms with van der Waals surface area (Å²) in [6, 6.07) is 7.67. The predicted molar refractivity (Wildman–Crippen MR) is 70.6 cm³/mol. The molecule has 1 aromatic carbocycles. The normalized spacial score (nSPS) is 10.4. The molecule has 0 fully saturated rings. The van der Waals surface area contributed by atoms with Crippen LogP contribution in [0.2, 0.25) is 0 Å². The van der Waals surface area contributed by atoms with E-state index in [0.717, 1.165) is 17.7 Å². The molecule has 6 heteroatoms. The smallest absolute Gasteiger partial charge is 0.378 e. The fourth-order valence-corrected chi connectivity index (χ4v) is 1.71. The molecule has 0 unspecified atom stereocenters. The first-order valence-corrected chi connectivity index (χ1v) is 6.12. The Bertz CT molecular complexity index is 565. The minimum absolute atomic E-state index is 0.0675. The van der Waals surface area contributed by atoms with E-state index in [2.05, 4.69) is 15.2 Å². The monoisotopic (exact) mass is 260 g/mol. The first-order chi connectivity index (χ1) is 9.20. The van der Waals surface area contributed by atoms with Crippen LogP contribution in [-0.2, 0) is 17.6 Å². The number of nitrogens with one attached hydrogen (secondary N) is 1. The van der Waals surface area contributed by atoms with Gasteiger partial charge in [0.2, 0.25) is 0 Å². The molecule has 2 aromatic rings. The molecule has 6 nitrogen and oxygen atoms in total. The van der Waals surface area contributed by atoms with E-state index < -0.39 is 5.97 Å². The van der Waals surface area contributed by atoms with Gasteiger partial charge >= 0.3 is 5.97 Å². The largest absolute Gasteiger partial charge is 0.460 e. The summed E-state index contributed by atoms with van der Waals surface area (Å²) in [7, 11) is 0.